The summed E-state index contributed by atoms with van der Waals surface area (Å²) in [5, 5.41) is 11.0. The maximum absolute atomic E-state index is 12.0. The lowest BCUT2D eigenvalue weighted by Crippen LogP contribution is -2.49. The Morgan fingerprint density at radius 2 is 1.56 bits per heavy atom. The summed E-state index contributed by atoms with van der Waals surface area (Å²) >= 11 is 0. The van der Waals surface area contributed by atoms with Crippen LogP contribution in [0.4, 0.5) is 0 Å². The lowest BCUT2D eigenvalue weighted by molar-refractivity contribution is -0.185. The van der Waals surface area contributed by atoms with E-state index in [2.05, 4.69) is 13.8 Å². The van der Waals surface area contributed by atoms with Gasteiger partial charge in [-0.15, -0.1) is 0 Å². The largest absolute Gasteiger partial charge is 0.456 e. The summed E-state index contributed by atoms with van der Waals surface area (Å²) in [5.74, 6) is -0.286. The predicted octanol–water partition coefficient (Wildman–Crippen LogP) is 2.66. The van der Waals surface area contributed by atoms with Crippen molar-refractivity contribution >= 4 is 5.97 Å². The van der Waals surface area contributed by atoms with Crippen LogP contribution in [0.3, 0.4) is 0 Å². The van der Waals surface area contributed by atoms with Crippen LogP contribution in [0.15, 0.2) is 0 Å². The van der Waals surface area contributed by atoms with Crippen molar-refractivity contribution in [3.8, 4) is 0 Å². The summed E-state index contributed by atoms with van der Waals surface area (Å²) in [6.07, 6.45) is 4.42. The molecular formula is C15H24O3. The molecule has 4 saturated carbocycles. The highest BCUT2D eigenvalue weighted by Gasteiger charge is 2.75. The number of aliphatic hydroxyl groups is 1. The van der Waals surface area contributed by atoms with Crippen molar-refractivity contribution in [2.75, 3.05) is 0 Å². The van der Waals surface area contributed by atoms with Gasteiger partial charge in [-0.3, -0.25) is 4.79 Å². The van der Waals surface area contributed by atoms with Crippen LogP contribution >= 0.6 is 0 Å². The van der Waals surface area contributed by atoms with Gasteiger partial charge in [-0.2, -0.15) is 0 Å². The van der Waals surface area contributed by atoms with Crippen LogP contribution < -0.4 is 0 Å². The number of ether oxygens (including phenoxy) is 1. The van der Waals surface area contributed by atoms with Gasteiger partial charge in [0.1, 0.15) is 11.2 Å². The van der Waals surface area contributed by atoms with Crippen LogP contribution in [0.2, 0.25) is 0 Å². The van der Waals surface area contributed by atoms with Gasteiger partial charge in [-0.05, 0) is 42.9 Å². The average molecular weight is 252 g/mol. The van der Waals surface area contributed by atoms with E-state index in [0.29, 0.717) is 0 Å². The third kappa shape index (κ3) is 1.43. The number of hydrogen-bond acceptors (Lipinski definition) is 3. The molecule has 0 aromatic carbocycles. The Balaban J connectivity index is 1.96. The highest BCUT2D eigenvalue weighted by atomic mass is 16.6. The third-order valence-electron chi connectivity index (χ3n) is 5.33. The van der Waals surface area contributed by atoms with Gasteiger partial charge in [0.05, 0.1) is 5.92 Å². The molecule has 1 N–H and O–H groups in total. The minimum Gasteiger partial charge on any atom is -0.456 e. The molecule has 0 aliphatic heterocycles. The molecule has 3 nitrogen and oxygen atoms in total. The molecule has 4 aliphatic carbocycles. The maximum Gasteiger partial charge on any atom is 0.309 e. The predicted molar refractivity (Wildman–Crippen MR) is 67.9 cm³/mol. The minimum atomic E-state index is -0.778. The molecule has 102 valence electrons. The molecule has 0 spiro atoms. The first kappa shape index (κ1) is 12.5. The smallest absolute Gasteiger partial charge is 0.309 e. The fourth-order valence-electron chi connectivity index (χ4n) is 5.45. The zero-order valence-corrected chi connectivity index (χ0v) is 11.9. The standard InChI is InChI=1S/C15H24O3/c1-10(2)11(16)18-15-8-12(3)5-13(4,9-15)7-14(15,17)6-12/h10,17H,5-9H2,1-4H3/t12-,13?,14?,15?/m0/s1. The Labute approximate surface area is 109 Å². The van der Waals surface area contributed by atoms with E-state index in [9.17, 15) is 9.90 Å². The molecule has 0 heterocycles. The van der Waals surface area contributed by atoms with E-state index in [1.54, 1.807) is 0 Å². The summed E-state index contributed by atoms with van der Waals surface area (Å²) in [4.78, 5) is 12.0. The van der Waals surface area contributed by atoms with Gasteiger partial charge >= 0.3 is 5.97 Å². The molecule has 3 unspecified atom stereocenters. The van der Waals surface area contributed by atoms with Crippen molar-refractivity contribution in [1.82, 2.24) is 0 Å². The van der Waals surface area contributed by atoms with Crippen LogP contribution in [0.25, 0.3) is 0 Å². The molecule has 0 saturated heterocycles. The second-order valence-corrected chi connectivity index (χ2v) is 8.11. The Morgan fingerprint density at radius 1 is 1.06 bits per heavy atom. The molecule has 18 heavy (non-hydrogen) atoms. The van der Waals surface area contributed by atoms with E-state index < -0.39 is 11.2 Å². The van der Waals surface area contributed by atoms with Crippen LogP contribution in [-0.4, -0.2) is 22.3 Å². The number of hydrogen-bond donors (Lipinski definition) is 1. The highest BCUT2D eigenvalue weighted by molar-refractivity contribution is 5.72. The van der Waals surface area contributed by atoms with Crippen molar-refractivity contribution in [2.24, 2.45) is 16.7 Å². The van der Waals surface area contributed by atoms with Crippen molar-refractivity contribution in [3.63, 3.8) is 0 Å². The number of carbonyl (C=O) groups excluding carboxylic acids is 1. The molecule has 4 atom stereocenters. The molecule has 4 rings (SSSR count). The zero-order valence-electron chi connectivity index (χ0n) is 11.9. The number of rotatable bonds is 2. The second kappa shape index (κ2) is 3.12. The molecule has 4 bridgehead atoms. The van der Waals surface area contributed by atoms with E-state index in [-0.39, 0.29) is 22.7 Å². The zero-order chi connectivity index (χ0) is 13.4. The number of esters is 1. The molecule has 0 aromatic rings. The van der Waals surface area contributed by atoms with Crippen molar-refractivity contribution in [2.45, 2.75) is 71.0 Å². The third-order valence-corrected chi connectivity index (χ3v) is 5.33. The maximum atomic E-state index is 12.0. The summed E-state index contributed by atoms with van der Waals surface area (Å²) in [7, 11) is 0. The molecule has 0 aromatic heterocycles. The first-order chi connectivity index (χ1) is 8.11. The SMILES string of the molecule is CC(C)C(=O)OC12CC3(C)CC1(O)C[C@](C)(C3)C2. The van der Waals surface area contributed by atoms with E-state index >= 15 is 0 Å². The Bertz CT molecular complexity index is 394. The van der Waals surface area contributed by atoms with Gasteiger partial charge in [-0.1, -0.05) is 27.7 Å². The van der Waals surface area contributed by atoms with Crippen LogP contribution in [-0.2, 0) is 9.53 Å². The first-order valence-electron chi connectivity index (χ1n) is 7.06. The average Bonchev–Trinajstić information content (AvgIpc) is 2.35. The molecule has 4 fully saturated rings. The monoisotopic (exact) mass is 252 g/mol. The lowest BCUT2D eigenvalue weighted by Gasteiger charge is -2.43. The fourth-order valence-corrected chi connectivity index (χ4v) is 5.45. The molecule has 4 aliphatic rings. The summed E-state index contributed by atoms with van der Waals surface area (Å²) in [6, 6.07) is 0. The van der Waals surface area contributed by atoms with Crippen LogP contribution in [0.1, 0.15) is 59.8 Å². The van der Waals surface area contributed by atoms with Gasteiger partial charge < -0.3 is 9.84 Å². The Kier molecular flexibility index (Phi) is 2.16. The van der Waals surface area contributed by atoms with Gasteiger partial charge in [0.2, 0.25) is 0 Å². The summed E-state index contributed by atoms with van der Waals surface area (Å²) in [5.41, 5.74) is -1.08. The van der Waals surface area contributed by atoms with Gasteiger partial charge in [0, 0.05) is 0 Å². The molecular weight excluding hydrogens is 228 g/mol. The summed E-state index contributed by atoms with van der Waals surface area (Å²) in [6.45, 7) is 8.18. The quantitative estimate of drug-likeness (QED) is 0.769. The van der Waals surface area contributed by atoms with Crippen LogP contribution in [0, 0.1) is 16.7 Å². The highest BCUT2D eigenvalue weighted by Crippen LogP contribution is 2.73. The molecule has 3 heteroatoms. The summed E-state index contributed by atoms with van der Waals surface area (Å²) < 4.78 is 5.83. The van der Waals surface area contributed by atoms with Crippen LogP contribution in [0.5, 0.6) is 0 Å². The van der Waals surface area contributed by atoms with Gasteiger partial charge in [0.15, 0.2) is 0 Å². The Hall–Kier alpha value is -0.570. The van der Waals surface area contributed by atoms with E-state index in [0.717, 1.165) is 32.1 Å². The topological polar surface area (TPSA) is 46.5 Å². The van der Waals surface area contributed by atoms with Gasteiger partial charge in [-0.25, -0.2) is 0 Å². The Morgan fingerprint density at radius 3 is 2.00 bits per heavy atom. The van der Waals surface area contributed by atoms with E-state index in [1.165, 1.54) is 0 Å². The first-order valence-corrected chi connectivity index (χ1v) is 7.06. The van der Waals surface area contributed by atoms with Crippen molar-refractivity contribution in [3.05, 3.63) is 0 Å². The second-order valence-electron chi connectivity index (χ2n) is 8.11. The number of carbonyl (C=O) groups is 1. The van der Waals surface area contributed by atoms with Crippen molar-refractivity contribution < 1.29 is 14.6 Å². The molecule has 0 amide bonds. The lowest BCUT2D eigenvalue weighted by atomic mass is 9.62. The minimum absolute atomic E-state index is 0.123. The van der Waals surface area contributed by atoms with Crippen molar-refractivity contribution in [1.29, 1.82) is 0 Å². The van der Waals surface area contributed by atoms with Gasteiger partial charge in [0.25, 0.3) is 0 Å². The fraction of sp³-hybridized carbons (Fsp3) is 0.933. The van der Waals surface area contributed by atoms with E-state index in [4.69, 9.17) is 4.74 Å². The molecule has 0 radical (unpaired) electrons. The van der Waals surface area contributed by atoms with E-state index in [1.807, 2.05) is 13.8 Å². The normalized spacial score (nSPS) is 53.2.